The smallest absolute Gasteiger partial charge is 0.341 e. The Morgan fingerprint density at radius 1 is 1.03 bits per heavy atom. The number of amides is 1. The summed E-state index contributed by atoms with van der Waals surface area (Å²) in [6.07, 6.45) is 0.938. The fourth-order valence-electron chi connectivity index (χ4n) is 3.41. The van der Waals surface area contributed by atoms with E-state index in [9.17, 15) is 9.59 Å². The first-order valence-electron chi connectivity index (χ1n) is 10.6. The van der Waals surface area contributed by atoms with Crippen LogP contribution < -0.4 is 10.1 Å². The standard InChI is InChI=1S/C26H29NO4S/c1-6-17-11-13-18(14-12-17)19-16-32-24(23(19)25(29)30-5)27-22(28)15-31-21-10-8-7-9-20(21)26(2,3)4/h7-14,16H,6,15H2,1-5H3,(H,27,28). The van der Waals surface area contributed by atoms with Gasteiger partial charge in [0, 0.05) is 10.9 Å². The highest BCUT2D eigenvalue weighted by Gasteiger charge is 2.23. The highest BCUT2D eigenvalue weighted by molar-refractivity contribution is 7.15. The van der Waals surface area contributed by atoms with E-state index in [1.165, 1.54) is 24.0 Å². The van der Waals surface area contributed by atoms with Gasteiger partial charge in [-0.05, 0) is 34.6 Å². The first kappa shape index (κ1) is 23.5. The molecule has 0 atom stereocenters. The predicted molar refractivity (Wildman–Crippen MR) is 130 cm³/mol. The number of carbonyl (C=O) groups is 2. The second-order valence-corrected chi connectivity index (χ2v) is 9.36. The third-order valence-electron chi connectivity index (χ3n) is 5.16. The van der Waals surface area contributed by atoms with Crippen molar-refractivity contribution in [2.45, 2.75) is 39.5 Å². The molecule has 0 radical (unpaired) electrons. The number of para-hydroxylation sites is 1. The van der Waals surface area contributed by atoms with E-state index >= 15 is 0 Å². The van der Waals surface area contributed by atoms with Gasteiger partial charge in [-0.15, -0.1) is 11.3 Å². The molecule has 0 fully saturated rings. The van der Waals surface area contributed by atoms with E-state index in [2.05, 4.69) is 33.0 Å². The van der Waals surface area contributed by atoms with Crippen LogP contribution in [-0.4, -0.2) is 25.6 Å². The maximum absolute atomic E-state index is 12.7. The van der Waals surface area contributed by atoms with Gasteiger partial charge >= 0.3 is 5.97 Å². The van der Waals surface area contributed by atoms with E-state index in [1.807, 2.05) is 53.9 Å². The molecule has 6 heteroatoms. The molecular weight excluding hydrogens is 422 g/mol. The van der Waals surface area contributed by atoms with Crippen LogP contribution in [0, 0.1) is 0 Å². The molecule has 3 aromatic rings. The van der Waals surface area contributed by atoms with Crippen molar-refractivity contribution < 1.29 is 19.1 Å². The van der Waals surface area contributed by atoms with Gasteiger partial charge in [0.15, 0.2) is 6.61 Å². The van der Waals surface area contributed by atoms with Gasteiger partial charge in [0.05, 0.1) is 7.11 Å². The summed E-state index contributed by atoms with van der Waals surface area (Å²) in [5.74, 6) is -0.157. The van der Waals surface area contributed by atoms with Crippen molar-refractivity contribution in [2.24, 2.45) is 0 Å². The summed E-state index contributed by atoms with van der Waals surface area (Å²) in [6, 6.07) is 15.7. The lowest BCUT2D eigenvalue weighted by Crippen LogP contribution is -2.22. The molecule has 0 unspecified atom stereocenters. The fraction of sp³-hybridized carbons (Fsp3) is 0.308. The van der Waals surface area contributed by atoms with E-state index in [0.717, 1.165) is 23.1 Å². The van der Waals surface area contributed by atoms with Gasteiger partial charge in [0.25, 0.3) is 5.91 Å². The number of nitrogens with one attached hydrogen (secondary N) is 1. The third-order valence-corrected chi connectivity index (χ3v) is 6.06. The number of carbonyl (C=O) groups excluding carboxylic acids is 2. The van der Waals surface area contributed by atoms with Crippen LogP contribution in [-0.2, 0) is 21.4 Å². The summed E-state index contributed by atoms with van der Waals surface area (Å²) in [5.41, 5.74) is 4.11. The normalized spacial score (nSPS) is 11.2. The van der Waals surface area contributed by atoms with Crippen molar-refractivity contribution in [3.8, 4) is 16.9 Å². The van der Waals surface area contributed by atoms with Crippen LogP contribution in [0.15, 0.2) is 53.9 Å². The van der Waals surface area contributed by atoms with Gasteiger partial charge in [-0.3, -0.25) is 4.79 Å². The minimum atomic E-state index is -0.491. The first-order valence-corrected chi connectivity index (χ1v) is 11.4. The maximum Gasteiger partial charge on any atom is 0.341 e. The molecule has 0 bridgehead atoms. The topological polar surface area (TPSA) is 64.6 Å². The molecular formula is C26H29NO4S. The molecule has 32 heavy (non-hydrogen) atoms. The van der Waals surface area contributed by atoms with Crippen LogP contribution in [0.1, 0.15) is 49.2 Å². The summed E-state index contributed by atoms with van der Waals surface area (Å²) in [7, 11) is 1.34. The van der Waals surface area contributed by atoms with Crippen LogP contribution in [0.25, 0.3) is 11.1 Å². The molecule has 168 valence electrons. The van der Waals surface area contributed by atoms with E-state index < -0.39 is 5.97 Å². The average molecular weight is 452 g/mol. The van der Waals surface area contributed by atoms with Gasteiger partial charge in [0.1, 0.15) is 16.3 Å². The number of methoxy groups -OCH3 is 1. The lowest BCUT2D eigenvalue weighted by molar-refractivity contribution is -0.118. The average Bonchev–Trinajstić information content (AvgIpc) is 3.20. The van der Waals surface area contributed by atoms with Crippen LogP contribution in [0.2, 0.25) is 0 Å². The van der Waals surface area contributed by atoms with E-state index in [-0.39, 0.29) is 17.9 Å². The van der Waals surface area contributed by atoms with E-state index in [1.54, 1.807) is 0 Å². The number of anilines is 1. The highest BCUT2D eigenvalue weighted by Crippen LogP contribution is 2.36. The molecule has 0 aliphatic heterocycles. The number of hydrogen-bond donors (Lipinski definition) is 1. The van der Waals surface area contributed by atoms with Crippen molar-refractivity contribution in [3.05, 3.63) is 70.6 Å². The number of ether oxygens (including phenoxy) is 2. The van der Waals surface area contributed by atoms with Crippen molar-refractivity contribution in [1.82, 2.24) is 0 Å². The molecule has 1 N–H and O–H groups in total. The van der Waals surface area contributed by atoms with Crippen LogP contribution in [0.4, 0.5) is 5.00 Å². The molecule has 0 aliphatic rings. The monoisotopic (exact) mass is 451 g/mol. The quantitative estimate of drug-likeness (QED) is 0.442. The van der Waals surface area contributed by atoms with Gasteiger partial charge in [-0.25, -0.2) is 4.79 Å². The fourth-order valence-corrected chi connectivity index (χ4v) is 4.38. The minimum Gasteiger partial charge on any atom is -0.483 e. The highest BCUT2D eigenvalue weighted by atomic mass is 32.1. The number of esters is 1. The first-order chi connectivity index (χ1) is 15.2. The molecule has 1 heterocycles. The molecule has 0 saturated carbocycles. The zero-order valence-corrected chi connectivity index (χ0v) is 20.0. The number of rotatable bonds is 7. The van der Waals surface area contributed by atoms with E-state index in [0.29, 0.717) is 16.3 Å². The second-order valence-electron chi connectivity index (χ2n) is 8.48. The maximum atomic E-state index is 12.7. The van der Waals surface area contributed by atoms with Gasteiger partial charge in [-0.2, -0.15) is 0 Å². The van der Waals surface area contributed by atoms with Crippen molar-refractivity contribution >= 4 is 28.2 Å². The Hall–Kier alpha value is -3.12. The Kier molecular flexibility index (Phi) is 7.36. The minimum absolute atomic E-state index is 0.110. The summed E-state index contributed by atoms with van der Waals surface area (Å²) in [4.78, 5) is 25.2. The second kappa shape index (κ2) is 10.0. The molecule has 5 nitrogen and oxygen atoms in total. The Morgan fingerprint density at radius 2 is 1.72 bits per heavy atom. The summed E-state index contributed by atoms with van der Waals surface area (Å²) >= 11 is 1.29. The summed E-state index contributed by atoms with van der Waals surface area (Å²) in [6.45, 7) is 8.22. The van der Waals surface area contributed by atoms with Crippen LogP contribution >= 0.6 is 11.3 Å². The molecule has 1 amide bonds. The van der Waals surface area contributed by atoms with Crippen molar-refractivity contribution in [1.29, 1.82) is 0 Å². The molecule has 3 rings (SSSR count). The Labute approximate surface area is 193 Å². The third kappa shape index (κ3) is 5.37. The number of aryl methyl sites for hydroxylation is 1. The van der Waals surface area contributed by atoms with Crippen molar-refractivity contribution in [3.63, 3.8) is 0 Å². The Balaban J connectivity index is 1.79. The van der Waals surface area contributed by atoms with Gasteiger partial charge in [0.2, 0.25) is 0 Å². The lowest BCUT2D eigenvalue weighted by Gasteiger charge is -2.22. The molecule has 0 saturated heterocycles. The molecule has 1 aromatic heterocycles. The Bertz CT molecular complexity index is 1090. The van der Waals surface area contributed by atoms with Crippen LogP contribution in [0.3, 0.4) is 0 Å². The molecule has 0 spiro atoms. The number of thiophene rings is 1. The molecule has 0 aliphatic carbocycles. The largest absolute Gasteiger partial charge is 0.483 e. The zero-order valence-electron chi connectivity index (χ0n) is 19.2. The lowest BCUT2D eigenvalue weighted by atomic mass is 9.86. The van der Waals surface area contributed by atoms with E-state index in [4.69, 9.17) is 9.47 Å². The van der Waals surface area contributed by atoms with Gasteiger partial charge < -0.3 is 14.8 Å². The van der Waals surface area contributed by atoms with Crippen LogP contribution in [0.5, 0.6) is 5.75 Å². The predicted octanol–water partition coefficient (Wildman–Crippen LogP) is 6.08. The van der Waals surface area contributed by atoms with Gasteiger partial charge in [-0.1, -0.05) is 70.2 Å². The Morgan fingerprint density at radius 3 is 2.34 bits per heavy atom. The SMILES string of the molecule is CCc1ccc(-c2csc(NC(=O)COc3ccccc3C(C)(C)C)c2C(=O)OC)cc1. The number of hydrogen-bond acceptors (Lipinski definition) is 5. The summed E-state index contributed by atoms with van der Waals surface area (Å²) < 4.78 is 10.8. The number of benzene rings is 2. The summed E-state index contributed by atoms with van der Waals surface area (Å²) in [5, 5.41) is 5.13. The van der Waals surface area contributed by atoms with Crippen molar-refractivity contribution in [2.75, 3.05) is 19.0 Å². The molecule has 2 aromatic carbocycles. The zero-order chi connectivity index (χ0) is 23.3.